The second kappa shape index (κ2) is 3.50. The Bertz CT molecular complexity index is 343. The summed E-state index contributed by atoms with van der Waals surface area (Å²) in [6.07, 6.45) is 0. The van der Waals surface area contributed by atoms with Crippen molar-refractivity contribution in [3.8, 4) is 0 Å². The van der Waals surface area contributed by atoms with E-state index in [1.54, 1.807) is 0 Å². The van der Waals surface area contributed by atoms with Gasteiger partial charge in [0.15, 0.2) is 0 Å². The summed E-state index contributed by atoms with van der Waals surface area (Å²) in [4.78, 5) is 9.42. The Morgan fingerprint density at radius 3 is 2.54 bits per heavy atom. The maximum atomic E-state index is 12.5. The van der Waals surface area contributed by atoms with Crippen molar-refractivity contribution >= 4 is 18.3 Å². The minimum Gasteiger partial charge on any atom is -0.423 e. The summed E-state index contributed by atoms with van der Waals surface area (Å²) >= 11 is 0. The predicted molar refractivity (Wildman–Crippen MR) is 42.9 cm³/mol. The molecule has 0 amide bonds. The molecule has 0 aliphatic carbocycles. The van der Waals surface area contributed by atoms with E-state index in [0.717, 1.165) is 12.1 Å². The topological polar surface area (TPSA) is 83.6 Å². The van der Waals surface area contributed by atoms with Gasteiger partial charge in [0.05, 0.1) is 16.5 Å². The van der Waals surface area contributed by atoms with E-state index in [4.69, 9.17) is 10.0 Å². The smallest absolute Gasteiger partial charge is 0.423 e. The highest BCUT2D eigenvalue weighted by Crippen LogP contribution is 2.09. The predicted octanol–water partition coefficient (Wildman–Crippen LogP) is -0.586. The minimum absolute atomic E-state index is 0.327. The van der Waals surface area contributed by atoms with Gasteiger partial charge in [0.25, 0.3) is 5.69 Å². The fraction of sp³-hybridized carbons (Fsp3) is 0. The van der Waals surface area contributed by atoms with Crippen molar-refractivity contribution in [2.24, 2.45) is 0 Å². The molecule has 0 aliphatic rings. The van der Waals surface area contributed by atoms with E-state index in [2.05, 4.69) is 0 Å². The quantitative estimate of drug-likeness (QED) is 0.366. The molecular weight excluding hydrogens is 180 g/mol. The number of nitrogens with zero attached hydrogens (tertiary/aromatic N) is 1. The monoisotopic (exact) mass is 185 g/mol. The molecule has 0 aromatic heterocycles. The van der Waals surface area contributed by atoms with Crippen LogP contribution >= 0.6 is 0 Å². The first-order chi connectivity index (χ1) is 6.02. The molecule has 0 saturated carbocycles. The molecule has 0 saturated heterocycles. The van der Waals surface area contributed by atoms with Crippen LogP contribution in [0.2, 0.25) is 0 Å². The summed E-state index contributed by atoms with van der Waals surface area (Å²) in [5, 5.41) is 27.6. The molecule has 0 bridgehead atoms. The van der Waals surface area contributed by atoms with E-state index in [0.29, 0.717) is 6.07 Å². The van der Waals surface area contributed by atoms with Gasteiger partial charge in [0.2, 0.25) is 0 Å². The fourth-order valence-electron chi connectivity index (χ4n) is 0.893. The van der Waals surface area contributed by atoms with Crippen molar-refractivity contribution in [2.45, 2.75) is 0 Å². The van der Waals surface area contributed by atoms with E-state index >= 15 is 0 Å². The normalized spacial score (nSPS) is 9.77. The Morgan fingerprint density at radius 2 is 2.08 bits per heavy atom. The van der Waals surface area contributed by atoms with Crippen molar-refractivity contribution in [3.05, 3.63) is 34.1 Å². The Kier molecular flexibility index (Phi) is 2.59. The number of rotatable bonds is 2. The van der Waals surface area contributed by atoms with E-state index in [1.165, 1.54) is 0 Å². The lowest BCUT2D eigenvalue weighted by Crippen LogP contribution is -2.32. The minimum atomic E-state index is -1.97. The second-order valence-corrected chi connectivity index (χ2v) is 2.33. The van der Waals surface area contributed by atoms with Gasteiger partial charge in [-0.15, -0.1) is 0 Å². The van der Waals surface area contributed by atoms with Crippen molar-refractivity contribution in [1.29, 1.82) is 0 Å². The van der Waals surface area contributed by atoms with Crippen LogP contribution in [0, 0.1) is 15.9 Å². The summed E-state index contributed by atoms with van der Waals surface area (Å²) in [6, 6.07) is 2.51. The molecule has 0 radical (unpaired) electrons. The number of nitro groups is 1. The largest absolute Gasteiger partial charge is 0.495 e. The SMILES string of the molecule is O=[N+]([O-])c1cc(F)ccc1B(O)O. The van der Waals surface area contributed by atoms with Crippen LogP contribution in [0.5, 0.6) is 0 Å². The molecule has 7 heteroatoms. The van der Waals surface area contributed by atoms with Crippen molar-refractivity contribution in [3.63, 3.8) is 0 Å². The van der Waals surface area contributed by atoms with Crippen molar-refractivity contribution < 1.29 is 19.4 Å². The van der Waals surface area contributed by atoms with Crippen LogP contribution in [0.25, 0.3) is 0 Å². The summed E-state index contributed by atoms with van der Waals surface area (Å²) in [5.74, 6) is -0.795. The number of halogens is 1. The van der Waals surface area contributed by atoms with Gasteiger partial charge < -0.3 is 10.0 Å². The molecule has 1 aromatic rings. The molecular formula is C6H5BFNO4. The van der Waals surface area contributed by atoms with Crippen LogP contribution in [0.4, 0.5) is 10.1 Å². The van der Waals surface area contributed by atoms with Gasteiger partial charge in [0.1, 0.15) is 5.82 Å². The lowest BCUT2D eigenvalue weighted by molar-refractivity contribution is -0.383. The second-order valence-electron chi connectivity index (χ2n) is 2.33. The van der Waals surface area contributed by atoms with Crippen LogP contribution in [0.15, 0.2) is 18.2 Å². The van der Waals surface area contributed by atoms with Crippen molar-refractivity contribution in [2.75, 3.05) is 0 Å². The summed E-state index contributed by atoms with van der Waals surface area (Å²) in [5.41, 5.74) is -0.971. The summed E-state index contributed by atoms with van der Waals surface area (Å²) < 4.78 is 12.5. The fourth-order valence-corrected chi connectivity index (χ4v) is 0.893. The maximum absolute atomic E-state index is 12.5. The molecule has 1 rings (SSSR count). The average molecular weight is 185 g/mol. The highest BCUT2D eigenvalue weighted by Gasteiger charge is 2.23. The van der Waals surface area contributed by atoms with Crippen LogP contribution < -0.4 is 5.46 Å². The number of hydrogen-bond donors (Lipinski definition) is 2. The van der Waals surface area contributed by atoms with E-state index in [-0.39, 0.29) is 5.46 Å². The maximum Gasteiger partial charge on any atom is 0.495 e. The van der Waals surface area contributed by atoms with Gasteiger partial charge in [-0.05, 0) is 6.07 Å². The van der Waals surface area contributed by atoms with Crippen molar-refractivity contribution in [1.82, 2.24) is 0 Å². The average Bonchev–Trinajstić information content (AvgIpc) is 2.03. The highest BCUT2D eigenvalue weighted by atomic mass is 19.1. The summed E-state index contributed by atoms with van der Waals surface area (Å²) in [6.45, 7) is 0. The van der Waals surface area contributed by atoms with Crippen LogP contribution in [-0.4, -0.2) is 22.1 Å². The molecule has 0 atom stereocenters. The third-order valence-electron chi connectivity index (χ3n) is 1.47. The molecule has 0 aliphatic heterocycles. The zero-order chi connectivity index (χ0) is 10.0. The van der Waals surface area contributed by atoms with Gasteiger partial charge in [-0.1, -0.05) is 6.07 Å². The van der Waals surface area contributed by atoms with Gasteiger partial charge in [-0.3, -0.25) is 10.1 Å². The molecule has 68 valence electrons. The third-order valence-corrected chi connectivity index (χ3v) is 1.47. The molecule has 2 N–H and O–H groups in total. The lowest BCUT2D eigenvalue weighted by atomic mass is 9.79. The first-order valence-electron chi connectivity index (χ1n) is 3.32. The van der Waals surface area contributed by atoms with Crippen LogP contribution in [-0.2, 0) is 0 Å². The Balaban J connectivity index is 3.27. The zero-order valence-corrected chi connectivity index (χ0v) is 6.35. The first kappa shape index (κ1) is 9.62. The Labute approximate surface area is 72.7 Å². The van der Waals surface area contributed by atoms with E-state index in [9.17, 15) is 14.5 Å². The van der Waals surface area contributed by atoms with Gasteiger partial charge in [-0.25, -0.2) is 4.39 Å². The molecule has 0 heterocycles. The molecule has 0 unspecified atom stereocenters. The molecule has 13 heavy (non-hydrogen) atoms. The van der Waals surface area contributed by atoms with Crippen LogP contribution in [0.3, 0.4) is 0 Å². The number of hydrogen-bond acceptors (Lipinski definition) is 4. The Morgan fingerprint density at radius 1 is 1.46 bits per heavy atom. The third kappa shape index (κ3) is 2.01. The van der Waals surface area contributed by atoms with E-state index < -0.39 is 23.5 Å². The highest BCUT2D eigenvalue weighted by molar-refractivity contribution is 6.60. The molecule has 0 spiro atoms. The lowest BCUT2D eigenvalue weighted by Gasteiger charge is -2.00. The number of benzene rings is 1. The molecule has 0 fully saturated rings. The van der Waals surface area contributed by atoms with Gasteiger partial charge >= 0.3 is 7.12 Å². The first-order valence-corrected chi connectivity index (χ1v) is 3.32. The standard InChI is InChI=1S/C6H5BFNO4/c8-4-1-2-5(7(10)11)6(3-4)9(12)13/h1-3,10-11H. The number of nitro benzene ring substituents is 1. The Hall–Kier alpha value is -1.47. The molecule has 5 nitrogen and oxygen atoms in total. The van der Waals surface area contributed by atoms with E-state index in [1.807, 2.05) is 0 Å². The van der Waals surface area contributed by atoms with Crippen LogP contribution in [0.1, 0.15) is 0 Å². The molecule has 1 aromatic carbocycles. The van der Waals surface area contributed by atoms with Gasteiger partial charge in [-0.2, -0.15) is 0 Å². The zero-order valence-electron chi connectivity index (χ0n) is 6.35. The van der Waals surface area contributed by atoms with Gasteiger partial charge in [0, 0.05) is 0 Å². The summed E-state index contributed by atoms with van der Waals surface area (Å²) in [7, 11) is -1.97.